The van der Waals surface area contributed by atoms with E-state index in [4.69, 9.17) is 17.3 Å². The van der Waals surface area contributed by atoms with E-state index in [2.05, 4.69) is 0 Å². The Balaban J connectivity index is 2.13. The molecular weight excluding hydrogens is 238 g/mol. The molecule has 3 nitrogen and oxygen atoms in total. The molecule has 0 spiro atoms. The van der Waals surface area contributed by atoms with E-state index in [1.54, 1.807) is 0 Å². The maximum Gasteiger partial charge on any atom is 0.282 e. The summed E-state index contributed by atoms with van der Waals surface area (Å²) in [6.07, 6.45) is 0. The Bertz CT molecular complexity index is 442. The molecule has 2 rings (SSSR count). The Morgan fingerprint density at radius 1 is 1.44 bits per heavy atom. The fraction of sp³-hybridized carbons (Fsp3) is 0.300. The van der Waals surface area contributed by atoms with Gasteiger partial charge >= 0.3 is 0 Å². The van der Waals surface area contributed by atoms with Crippen molar-refractivity contribution in [3.05, 3.63) is 28.8 Å². The van der Waals surface area contributed by atoms with Gasteiger partial charge in [-0.1, -0.05) is 11.6 Å². The average Bonchev–Trinajstić information content (AvgIpc) is 2.17. The smallest absolute Gasteiger partial charge is 0.282 e. The van der Waals surface area contributed by atoms with E-state index in [0.717, 1.165) is 4.90 Å². The number of carbonyl (C=O) groups is 1. The van der Waals surface area contributed by atoms with Crippen molar-refractivity contribution in [1.82, 2.24) is 4.90 Å². The Hall–Kier alpha value is -1.36. The predicted octanol–water partition coefficient (Wildman–Crippen LogP) is 2.01. The molecule has 1 aliphatic rings. The zero-order valence-corrected chi connectivity index (χ0v) is 8.97. The van der Waals surface area contributed by atoms with Crippen molar-refractivity contribution in [1.29, 1.82) is 0 Å². The molecule has 1 amide bonds. The van der Waals surface area contributed by atoms with Crippen molar-refractivity contribution in [2.45, 2.75) is 5.92 Å². The Morgan fingerprint density at radius 2 is 2.06 bits per heavy atom. The molecule has 0 aromatic heterocycles. The second kappa shape index (κ2) is 3.59. The number of nitrogens with two attached hydrogens (primary N) is 1. The van der Waals surface area contributed by atoms with E-state index < -0.39 is 24.9 Å². The van der Waals surface area contributed by atoms with Gasteiger partial charge in [0.1, 0.15) is 0 Å². The Kier molecular flexibility index (Phi) is 2.50. The number of alkyl halides is 2. The molecule has 0 bridgehead atoms. The van der Waals surface area contributed by atoms with Crippen molar-refractivity contribution in [2.75, 3.05) is 18.8 Å². The lowest BCUT2D eigenvalue weighted by atomic mass is 10.1. The Morgan fingerprint density at radius 3 is 2.56 bits per heavy atom. The summed E-state index contributed by atoms with van der Waals surface area (Å²) < 4.78 is 25.1. The van der Waals surface area contributed by atoms with E-state index in [9.17, 15) is 13.6 Å². The highest BCUT2D eigenvalue weighted by Gasteiger charge is 2.46. The van der Waals surface area contributed by atoms with Crippen LogP contribution >= 0.6 is 11.6 Å². The zero-order valence-electron chi connectivity index (χ0n) is 8.21. The first-order valence-corrected chi connectivity index (χ1v) is 4.99. The molecule has 16 heavy (non-hydrogen) atoms. The van der Waals surface area contributed by atoms with Crippen LogP contribution in [0.15, 0.2) is 18.2 Å². The van der Waals surface area contributed by atoms with E-state index in [1.807, 2.05) is 0 Å². The third-order valence-electron chi connectivity index (χ3n) is 2.37. The van der Waals surface area contributed by atoms with Crippen LogP contribution in [0.3, 0.4) is 0 Å². The standard InChI is InChI=1S/C10H9ClF2N2O/c11-7-2-1-6(3-8(7)14)9(16)15-4-10(12,13)5-15/h1-3H,4-5,14H2. The molecule has 6 heteroatoms. The normalized spacial score (nSPS) is 18.1. The molecule has 1 aromatic rings. The minimum Gasteiger partial charge on any atom is -0.398 e. The molecule has 1 fully saturated rings. The number of hydrogen-bond acceptors (Lipinski definition) is 2. The number of halogens is 3. The van der Waals surface area contributed by atoms with Crippen LogP contribution in [0.2, 0.25) is 5.02 Å². The number of nitrogens with zero attached hydrogens (tertiary/aromatic N) is 1. The molecule has 0 saturated carbocycles. The van der Waals surface area contributed by atoms with Gasteiger partial charge in [0.15, 0.2) is 0 Å². The van der Waals surface area contributed by atoms with Gasteiger partial charge < -0.3 is 10.6 Å². The van der Waals surface area contributed by atoms with Crippen LogP contribution in [-0.4, -0.2) is 29.8 Å². The van der Waals surface area contributed by atoms with Crippen LogP contribution in [-0.2, 0) is 0 Å². The minimum absolute atomic E-state index is 0.264. The van der Waals surface area contributed by atoms with Crippen LogP contribution in [0.5, 0.6) is 0 Å². The minimum atomic E-state index is -2.76. The number of hydrogen-bond donors (Lipinski definition) is 1. The van der Waals surface area contributed by atoms with Gasteiger partial charge in [-0.05, 0) is 18.2 Å². The highest BCUT2D eigenvalue weighted by molar-refractivity contribution is 6.33. The van der Waals surface area contributed by atoms with Crippen LogP contribution in [0.1, 0.15) is 10.4 Å². The highest BCUT2D eigenvalue weighted by Crippen LogP contribution is 2.29. The molecule has 1 aromatic carbocycles. The van der Waals surface area contributed by atoms with E-state index in [0.29, 0.717) is 5.02 Å². The predicted molar refractivity (Wildman–Crippen MR) is 56.7 cm³/mol. The van der Waals surface area contributed by atoms with Crippen molar-refractivity contribution >= 4 is 23.2 Å². The first-order valence-electron chi connectivity index (χ1n) is 4.61. The van der Waals surface area contributed by atoms with Crippen molar-refractivity contribution in [2.24, 2.45) is 0 Å². The number of benzene rings is 1. The van der Waals surface area contributed by atoms with Crippen molar-refractivity contribution < 1.29 is 13.6 Å². The largest absolute Gasteiger partial charge is 0.398 e. The number of amides is 1. The fourth-order valence-electron chi connectivity index (χ4n) is 1.52. The van der Waals surface area contributed by atoms with Gasteiger partial charge in [-0.2, -0.15) is 0 Å². The molecule has 0 atom stereocenters. The van der Waals surface area contributed by atoms with Gasteiger partial charge in [-0.3, -0.25) is 4.79 Å². The van der Waals surface area contributed by atoms with E-state index in [-0.39, 0.29) is 11.3 Å². The van der Waals surface area contributed by atoms with Crippen LogP contribution in [0, 0.1) is 0 Å². The molecule has 0 unspecified atom stereocenters. The Labute approximate surface area is 95.8 Å². The fourth-order valence-corrected chi connectivity index (χ4v) is 1.63. The molecule has 0 aliphatic carbocycles. The van der Waals surface area contributed by atoms with Gasteiger partial charge in [0.2, 0.25) is 0 Å². The monoisotopic (exact) mass is 246 g/mol. The number of anilines is 1. The number of carbonyl (C=O) groups excluding carboxylic acids is 1. The van der Waals surface area contributed by atoms with Gasteiger partial charge in [0, 0.05) is 5.56 Å². The number of rotatable bonds is 1. The second-order valence-corrected chi connectivity index (χ2v) is 4.16. The second-order valence-electron chi connectivity index (χ2n) is 3.75. The molecule has 2 N–H and O–H groups in total. The summed E-state index contributed by atoms with van der Waals surface area (Å²) in [5.41, 5.74) is 6.06. The van der Waals surface area contributed by atoms with E-state index >= 15 is 0 Å². The topological polar surface area (TPSA) is 46.3 Å². The van der Waals surface area contributed by atoms with E-state index in [1.165, 1.54) is 18.2 Å². The molecule has 1 heterocycles. The zero-order chi connectivity index (χ0) is 11.9. The molecule has 0 radical (unpaired) electrons. The maximum atomic E-state index is 12.6. The van der Waals surface area contributed by atoms with Crippen molar-refractivity contribution in [3.8, 4) is 0 Å². The SMILES string of the molecule is Nc1cc(C(=O)N2CC(F)(F)C2)ccc1Cl. The van der Waals surface area contributed by atoms with Gasteiger partial charge in [0.25, 0.3) is 11.8 Å². The quantitative estimate of drug-likeness (QED) is 0.771. The van der Waals surface area contributed by atoms with Gasteiger partial charge in [-0.15, -0.1) is 0 Å². The average molecular weight is 247 g/mol. The molecule has 86 valence electrons. The van der Waals surface area contributed by atoms with Gasteiger partial charge in [0.05, 0.1) is 23.8 Å². The summed E-state index contributed by atoms with van der Waals surface area (Å²) in [5, 5.41) is 0.338. The lowest BCUT2D eigenvalue weighted by Crippen LogP contribution is -2.58. The number of likely N-dealkylation sites (tertiary alicyclic amines) is 1. The lowest BCUT2D eigenvalue weighted by Gasteiger charge is -2.38. The summed E-state index contributed by atoms with van der Waals surface area (Å²) >= 11 is 5.69. The summed E-state index contributed by atoms with van der Waals surface area (Å²) in [6, 6.07) is 4.33. The number of nitrogen functional groups attached to an aromatic ring is 1. The highest BCUT2D eigenvalue weighted by atomic mass is 35.5. The maximum absolute atomic E-state index is 12.6. The third kappa shape index (κ3) is 1.95. The molecular formula is C10H9ClF2N2O. The summed E-state index contributed by atoms with van der Waals surface area (Å²) in [5.74, 6) is -3.21. The third-order valence-corrected chi connectivity index (χ3v) is 2.72. The van der Waals surface area contributed by atoms with Crippen molar-refractivity contribution in [3.63, 3.8) is 0 Å². The first-order chi connectivity index (χ1) is 7.39. The summed E-state index contributed by atoms with van der Waals surface area (Å²) in [7, 11) is 0. The lowest BCUT2D eigenvalue weighted by molar-refractivity contribution is -0.113. The van der Waals surface area contributed by atoms with Crippen LogP contribution < -0.4 is 5.73 Å². The first kappa shape index (κ1) is 11.1. The molecule has 1 saturated heterocycles. The molecule has 1 aliphatic heterocycles. The van der Waals surface area contributed by atoms with Crippen LogP contribution in [0.25, 0.3) is 0 Å². The van der Waals surface area contributed by atoms with Gasteiger partial charge in [-0.25, -0.2) is 8.78 Å². The van der Waals surface area contributed by atoms with Crippen LogP contribution in [0.4, 0.5) is 14.5 Å². The summed E-state index contributed by atoms with van der Waals surface area (Å²) in [4.78, 5) is 12.7. The summed E-state index contributed by atoms with van der Waals surface area (Å²) in [6.45, 7) is -1.07.